The van der Waals surface area contributed by atoms with E-state index in [2.05, 4.69) is 0 Å². The van der Waals surface area contributed by atoms with Crippen molar-refractivity contribution >= 4 is 12.2 Å². The average molecular weight is 274 g/mol. The molecule has 2 N–H and O–H groups in total. The lowest BCUT2D eigenvalue weighted by atomic mass is 10.2. The molecule has 7 heteroatoms. The zero-order chi connectivity index (χ0) is 14.6. The molecule has 1 rings (SSSR count). The molecule has 7 nitrogen and oxygen atoms in total. The van der Waals surface area contributed by atoms with Crippen molar-refractivity contribution < 1.29 is 24.5 Å². The zero-order valence-electron chi connectivity index (χ0n) is 11.6. The number of hydrogen-bond donors (Lipinski definition) is 2. The number of nitrogens with zero attached hydrogens (tertiary/aromatic N) is 2. The molecule has 1 fully saturated rings. The van der Waals surface area contributed by atoms with Crippen molar-refractivity contribution in [3.63, 3.8) is 0 Å². The van der Waals surface area contributed by atoms with E-state index >= 15 is 0 Å². The third kappa shape index (κ3) is 4.59. The van der Waals surface area contributed by atoms with Crippen LogP contribution >= 0.6 is 0 Å². The normalized spacial score (nSPS) is 19.4. The predicted molar refractivity (Wildman–Crippen MR) is 68.0 cm³/mol. The minimum absolute atomic E-state index is 0.146. The van der Waals surface area contributed by atoms with Gasteiger partial charge in [0.25, 0.3) is 0 Å². The summed E-state index contributed by atoms with van der Waals surface area (Å²) in [6.45, 7) is 5.91. The molecular formula is C12H22N2O5. The second-order valence-electron chi connectivity index (χ2n) is 5.57. The lowest BCUT2D eigenvalue weighted by Crippen LogP contribution is -2.46. The lowest BCUT2D eigenvalue weighted by Gasteiger charge is -2.31. The maximum absolute atomic E-state index is 12.0. The van der Waals surface area contributed by atoms with Crippen LogP contribution in [0.2, 0.25) is 0 Å². The van der Waals surface area contributed by atoms with Crippen LogP contribution in [0.25, 0.3) is 0 Å². The summed E-state index contributed by atoms with van der Waals surface area (Å²) in [5, 5.41) is 17.9. The Kier molecular flexibility index (Phi) is 4.99. The summed E-state index contributed by atoms with van der Waals surface area (Å²) >= 11 is 0. The van der Waals surface area contributed by atoms with Gasteiger partial charge in [-0.1, -0.05) is 0 Å². The number of aliphatic hydroxyl groups is 1. The van der Waals surface area contributed by atoms with E-state index < -0.39 is 17.8 Å². The minimum atomic E-state index is -0.990. The molecule has 1 atom stereocenters. The van der Waals surface area contributed by atoms with E-state index in [9.17, 15) is 9.59 Å². The van der Waals surface area contributed by atoms with E-state index in [-0.39, 0.29) is 25.7 Å². The smallest absolute Gasteiger partial charge is 0.410 e. The molecule has 2 amide bonds. The maximum atomic E-state index is 12.0. The number of carbonyl (C=O) groups excluding carboxylic acids is 1. The average Bonchev–Trinajstić information content (AvgIpc) is 2.72. The van der Waals surface area contributed by atoms with Crippen molar-refractivity contribution in [1.82, 2.24) is 9.80 Å². The molecule has 0 radical (unpaired) electrons. The second kappa shape index (κ2) is 6.10. The molecular weight excluding hydrogens is 252 g/mol. The largest absolute Gasteiger partial charge is 0.465 e. The molecule has 0 aromatic rings. The highest BCUT2D eigenvalue weighted by Gasteiger charge is 2.34. The number of ether oxygens (including phenoxy) is 1. The molecule has 0 aliphatic carbocycles. The van der Waals surface area contributed by atoms with Crippen molar-refractivity contribution in [1.29, 1.82) is 0 Å². The number of aliphatic hydroxyl groups excluding tert-OH is 1. The molecule has 0 saturated carbocycles. The summed E-state index contributed by atoms with van der Waals surface area (Å²) in [5.74, 6) is 0. The maximum Gasteiger partial charge on any atom is 0.410 e. The van der Waals surface area contributed by atoms with Gasteiger partial charge < -0.3 is 24.7 Å². The van der Waals surface area contributed by atoms with Crippen LogP contribution in [0.4, 0.5) is 9.59 Å². The summed E-state index contributed by atoms with van der Waals surface area (Å²) in [6.07, 6.45) is -0.944. The fraction of sp³-hybridized carbons (Fsp3) is 0.833. The van der Waals surface area contributed by atoms with Gasteiger partial charge in [0.15, 0.2) is 0 Å². The van der Waals surface area contributed by atoms with Crippen LogP contribution in [0.15, 0.2) is 0 Å². The molecule has 1 saturated heterocycles. The summed E-state index contributed by atoms with van der Waals surface area (Å²) < 4.78 is 5.27. The van der Waals surface area contributed by atoms with Crippen LogP contribution in [0.3, 0.4) is 0 Å². The Morgan fingerprint density at radius 2 is 2.05 bits per heavy atom. The van der Waals surface area contributed by atoms with Crippen molar-refractivity contribution in [3.05, 3.63) is 0 Å². The SMILES string of the molecule is CC(C)(C)OC(=O)N(CCO)C1CCN(C(=O)O)C1. The van der Waals surface area contributed by atoms with E-state index in [0.29, 0.717) is 13.0 Å². The van der Waals surface area contributed by atoms with E-state index in [1.54, 1.807) is 20.8 Å². The van der Waals surface area contributed by atoms with Crippen molar-refractivity contribution in [2.45, 2.75) is 38.8 Å². The van der Waals surface area contributed by atoms with Gasteiger partial charge in [-0.3, -0.25) is 0 Å². The van der Waals surface area contributed by atoms with E-state index in [1.165, 1.54) is 9.80 Å². The molecule has 0 aromatic carbocycles. The van der Waals surface area contributed by atoms with Crippen LogP contribution < -0.4 is 0 Å². The quantitative estimate of drug-likeness (QED) is 0.800. The molecule has 19 heavy (non-hydrogen) atoms. The standard InChI is InChI=1S/C12H22N2O5/c1-12(2,3)19-11(18)14(6-7-15)9-4-5-13(8-9)10(16)17/h9,15H,4-8H2,1-3H3,(H,16,17). The number of rotatable bonds is 3. The fourth-order valence-corrected chi connectivity index (χ4v) is 2.02. The lowest BCUT2D eigenvalue weighted by molar-refractivity contribution is 0.0131. The van der Waals surface area contributed by atoms with Crippen molar-refractivity contribution in [2.24, 2.45) is 0 Å². The number of amides is 2. The van der Waals surface area contributed by atoms with Gasteiger partial charge >= 0.3 is 12.2 Å². The van der Waals surface area contributed by atoms with Gasteiger partial charge in [0.05, 0.1) is 12.6 Å². The summed E-state index contributed by atoms with van der Waals surface area (Å²) in [4.78, 5) is 25.6. The van der Waals surface area contributed by atoms with Gasteiger partial charge in [0.1, 0.15) is 5.60 Å². The molecule has 0 aromatic heterocycles. The van der Waals surface area contributed by atoms with Crippen LogP contribution in [-0.4, -0.2) is 70.1 Å². The Labute approximate surface area is 112 Å². The van der Waals surface area contributed by atoms with Gasteiger partial charge in [-0.05, 0) is 27.2 Å². The van der Waals surface area contributed by atoms with Crippen LogP contribution in [0, 0.1) is 0 Å². The third-order valence-electron chi connectivity index (χ3n) is 2.84. The Bertz CT molecular complexity index is 340. The van der Waals surface area contributed by atoms with E-state index in [0.717, 1.165) is 0 Å². The zero-order valence-corrected chi connectivity index (χ0v) is 11.6. The molecule has 1 heterocycles. The number of likely N-dealkylation sites (tertiary alicyclic amines) is 1. The third-order valence-corrected chi connectivity index (χ3v) is 2.84. The van der Waals surface area contributed by atoms with E-state index in [1.807, 2.05) is 0 Å². The Balaban J connectivity index is 2.68. The summed E-state index contributed by atoms with van der Waals surface area (Å²) in [5.41, 5.74) is -0.615. The molecule has 1 aliphatic heterocycles. The Morgan fingerprint density at radius 3 is 2.47 bits per heavy atom. The predicted octanol–water partition coefficient (Wildman–Crippen LogP) is 0.968. The number of hydrogen-bond acceptors (Lipinski definition) is 4. The first-order valence-electron chi connectivity index (χ1n) is 6.33. The van der Waals surface area contributed by atoms with Gasteiger partial charge in [0, 0.05) is 19.6 Å². The molecule has 110 valence electrons. The Hall–Kier alpha value is -1.50. The van der Waals surface area contributed by atoms with Gasteiger partial charge in [-0.25, -0.2) is 9.59 Å². The van der Waals surface area contributed by atoms with Gasteiger partial charge in [-0.15, -0.1) is 0 Å². The van der Waals surface area contributed by atoms with Gasteiger partial charge in [0.2, 0.25) is 0 Å². The second-order valence-corrected chi connectivity index (χ2v) is 5.57. The Morgan fingerprint density at radius 1 is 1.42 bits per heavy atom. The summed E-state index contributed by atoms with van der Waals surface area (Å²) in [6, 6.07) is -0.238. The molecule has 1 aliphatic rings. The highest BCUT2D eigenvalue weighted by molar-refractivity contribution is 5.69. The van der Waals surface area contributed by atoms with Crippen LogP contribution in [0.1, 0.15) is 27.2 Å². The highest BCUT2D eigenvalue weighted by Crippen LogP contribution is 2.18. The number of carboxylic acid groups (broad SMARTS) is 1. The van der Waals surface area contributed by atoms with Crippen molar-refractivity contribution in [2.75, 3.05) is 26.2 Å². The van der Waals surface area contributed by atoms with Crippen LogP contribution in [-0.2, 0) is 4.74 Å². The first kappa shape index (κ1) is 15.6. The molecule has 0 spiro atoms. The van der Waals surface area contributed by atoms with Crippen LogP contribution in [0.5, 0.6) is 0 Å². The summed E-state index contributed by atoms with van der Waals surface area (Å²) in [7, 11) is 0. The minimum Gasteiger partial charge on any atom is -0.465 e. The van der Waals surface area contributed by atoms with Gasteiger partial charge in [-0.2, -0.15) is 0 Å². The first-order valence-corrected chi connectivity index (χ1v) is 6.33. The number of carbonyl (C=O) groups is 2. The molecule has 0 bridgehead atoms. The highest BCUT2D eigenvalue weighted by atomic mass is 16.6. The van der Waals surface area contributed by atoms with Crippen molar-refractivity contribution in [3.8, 4) is 0 Å². The van der Waals surface area contributed by atoms with E-state index in [4.69, 9.17) is 14.9 Å². The fourth-order valence-electron chi connectivity index (χ4n) is 2.02. The topological polar surface area (TPSA) is 90.3 Å². The first-order chi connectivity index (χ1) is 8.74. The molecule has 1 unspecified atom stereocenters. The monoisotopic (exact) mass is 274 g/mol.